The summed E-state index contributed by atoms with van der Waals surface area (Å²) >= 11 is 0. The standard InChI is InChI=1S/C23H29FN4O2S/c1-18(2)17-19-3-9-22(10-4-19)31(29,30)28-12-11-25-23(28)27-15-13-26(14-16-27)21-7-5-20(24)6-8-21/h3-10,18H,11-17H2,1-2H3. The van der Waals surface area contributed by atoms with Crippen molar-refractivity contribution in [1.29, 1.82) is 0 Å². The molecule has 2 heterocycles. The van der Waals surface area contributed by atoms with Crippen LogP contribution in [0.1, 0.15) is 19.4 Å². The SMILES string of the molecule is CC(C)Cc1ccc(S(=O)(=O)N2CCN=C2N2CCN(c3ccc(F)cc3)CC2)cc1. The molecule has 0 saturated carbocycles. The number of halogens is 1. The number of hydrogen-bond acceptors (Lipinski definition) is 5. The molecular formula is C23H29FN4O2S. The molecule has 0 N–H and O–H groups in total. The zero-order valence-electron chi connectivity index (χ0n) is 18.0. The van der Waals surface area contributed by atoms with Crippen molar-refractivity contribution >= 4 is 21.7 Å². The summed E-state index contributed by atoms with van der Waals surface area (Å²) in [6.45, 7) is 7.90. The van der Waals surface area contributed by atoms with Crippen molar-refractivity contribution in [2.24, 2.45) is 10.9 Å². The molecule has 2 aromatic rings. The molecule has 0 spiro atoms. The zero-order valence-corrected chi connectivity index (χ0v) is 18.9. The highest BCUT2D eigenvalue weighted by Crippen LogP contribution is 2.23. The number of rotatable bonds is 5. The van der Waals surface area contributed by atoms with Crippen molar-refractivity contribution < 1.29 is 12.8 Å². The Hall–Kier alpha value is -2.61. The van der Waals surface area contributed by atoms with Crippen LogP contribution >= 0.6 is 0 Å². The monoisotopic (exact) mass is 444 g/mol. The van der Waals surface area contributed by atoms with E-state index in [4.69, 9.17) is 0 Å². The summed E-state index contributed by atoms with van der Waals surface area (Å²) in [6, 6.07) is 13.7. The minimum atomic E-state index is -3.65. The van der Waals surface area contributed by atoms with Crippen molar-refractivity contribution in [3.05, 3.63) is 59.9 Å². The largest absolute Gasteiger partial charge is 0.368 e. The van der Waals surface area contributed by atoms with Crippen LogP contribution in [0.2, 0.25) is 0 Å². The second-order valence-corrected chi connectivity index (χ2v) is 10.3. The van der Waals surface area contributed by atoms with Crippen molar-refractivity contribution in [2.45, 2.75) is 25.2 Å². The van der Waals surface area contributed by atoms with Crippen molar-refractivity contribution in [2.75, 3.05) is 44.2 Å². The van der Waals surface area contributed by atoms with Crippen LogP contribution in [0.4, 0.5) is 10.1 Å². The van der Waals surface area contributed by atoms with Gasteiger partial charge in [0.05, 0.1) is 18.0 Å². The fourth-order valence-corrected chi connectivity index (χ4v) is 5.56. The third kappa shape index (κ3) is 4.69. The van der Waals surface area contributed by atoms with E-state index in [2.05, 4.69) is 23.7 Å². The summed E-state index contributed by atoms with van der Waals surface area (Å²) in [4.78, 5) is 9.04. The Morgan fingerprint density at radius 3 is 2.13 bits per heavy atom. The normalized spacial score (nSPS) is 17.4. The number of hydrogen-bond donors (Lipinski definition) is 0. The lowest BCUT2D eigenvalue weighted by Gasteiger charge is -2.38. The number of anilines is 1. The molecule has 31 heavy (non-hydrogen) atoms. The van der Waals surface area contributed by atoms with Gasteiger partial charge in [-0.05, 0) is 54.3 Å². The van der Waals surface area contributed by atoms with E-state index in [0.717, 1.165) is 30.8 Å². The third-order valence-corrected chi connectivity index (χ3v) is 7.48. The topological polar surface area (TPSA) is 56.2 Å². The lowest BCUT2D eigenvalue weighted by Crippen LogP contribution is -2.53. The molecule has 0 atom stereocenters. The van der Waals surface area contributed by atoms with Gasteiger partial charge >= 0.3 is 0 Å². The van der Waals surface area contributed by atoms with E-state index in [1.807, 2.05) is 17.0 Å². The molecule has 0 aromatic heterocycles. The highest BCUT2D eigenvalue weighted by atomic mass is 32.2. The Morgan fingerprint density at radius 2 is 1.52 bits per heavy atom. The van der Waals surface area contributed by atoms with Crippen molar-refractivity contribution in [3.8, 4) is 0 Å². The van der Waals surface area contributed by atoms with E-state index < -0.39 is 10.0 Å². The van der Waals surface area contributed by atoms with Crippen LogP contribution in [0.3, 0.4) is 0 Å². The first-order chi connectivity index (χ1) is 14.8. The van der Waals surface area contributed by atoms with E-state index in [0.29, 0.717) is 43.0 Å². The molecule has 2 aromatic carbocycles. The smallest absolute Gasteiger partial charge is 0.266 e. The predicted octanol–water partition coefficient (Wildman–Crippen LogP) is 3.21. The first-order valence-corrected chi connectivity index (χ1v) is 12.2. The number of nitrogens with zero attached hydrogens (tertiary/aromatic N) is 4. The molecular weight excluding hydrogens is 415 g/mol. The number of guanidine groups is 1. The molecule has 8 heteroatoms. The van der Waals surface area contributed by atoms with Gasteiger partial charge in [0.2, 0.25) is 5.96 Å². The van der Waals surface area contributed by atoms with Crippen LogP contribution in [0.5, 0.6) is 0 Å². The molecule has 0 unspecified atom stereocenters. The molecule has 0 bridgehead atoms. The average molecular weight is 445 g/mol. The van der Waals surface area contributed by atoms with E-state index in [-0.39, 0.29) is 5.82 Å². The molecule has 0 amide bonds. The Labute approximate surface area is 184 Å². The number of sulfonamides is 1. The molecule has 0 radical (unpaired) electrons. The maximum atomic E-state index is 13.3. The lowest BCUT2D eigenvalue weighted by molar-refractivity contribution is 0.358. The van der Waals surface area contributed by atoms with Gasteiger partial charge < -0.3 is 9.80 Å². The number of benzene rings is 2. The quantitative estimate of drug-likeness (QED) is 0.711. The van der Waals surface area contributed by atoms with Crippen LogP contribution in [-0.2, 0) is 16.4 Å². The van der Waals surface area contributed by atoms with E-state index >= 15 is 0 Å². The maximum Gasteiger partial charge on any atom is 0.266 e. The molecule has 1 fully saturated rings. The average Bonchev–Trinajstić information content (AvgIpc) is 3.25. The van der Waals surface area contributed by atoms with Crippen LogP contribution < -0.4 is 4.90 Å². The number of piperazine rings is 1. The van der Waals surface area contributed by atoms with Gasteiger partial charge in [0, 0.05) is 31.9 Å². The number of aliphatic imine (C=N–C) groups is 1. The molecule has 4 rings (SSSR count). The molecule has 6 nitrogen and oxygen atoms in total. The minimum absolute atomic E-state index is 0.249. The highest BCUT2D eigenvalue weighted by molar-refractivity contribution is 7.89. The second kappa shape index (κ2) is 8.86. The van der Waals surface area contributed by atoms with Gasteiger partial charge in [-0.15, -0.1) is 0 Å². The van der Waals surface area contributed by atoms with Gasteiger partial charge in [-0.1, -0.05) is 26.0 Å². The molecule has 166 valence electrons. The van der Waals surface area contributed by atoms with Crippen LogP contribution in [0.25, 0.3) is 0 Å². The lowest BCUT2D eigenvalue weighted by atomic mass is 10.0. The zero-order chi connectivity index (χ0) is 22.0. The van der Waals surface area contributed by atoms with E-state index in [9.17, 15) is 12.8 Å². The summed E-state index contributed by atoms with van der Waals surface area (Å²) in [6.07, 6.45) is 0.926. The van der Waals surface area contributed by atoms with Crippen molar-refractivity contribution in [1.82, 2.24) is 9.21 Å². The maximum absolute atomic E-state index is 13.3. The third-order valence-electron chi connectivity index (χ3n) is 5.69. The fraction of sp³-hybridized carbons (Fsp3) is 0.435. The van der Waals surface area contributed by atoms with E-state index in [1.54, 1.807) is 24.3 Å². The van der Waals surface area contributed by atoms with Gasteiger partial charge in [0.15, 0.2) is 0 Å². The van der Waals surface area contributed by atoms with Crippen LogP contribution in [-0.4, -0.2) is 62.9 Å². The van der Waals surface area contributed by atoms with Crippen molar-refractivity contribution in [3.63, 3.8) is 0 Å². The Morgan fingerprint density at radius 1 is 0.903 bits per heavy atom. The van der Waals surface area contributed by atoms with Gasteiger partial charge in [-0.2, -0.15) is 0 Å². The van der Waals surface area contributed by atoms with Gasteiger partial charge in [-0.25, -0.2) is 17.1 Å². The van der Waals surface area contributed by atoms with Crippen LogP contribution in [0, 0.1) is 11.7 Å². The first kappa shape index (κ1) is 21.6. The summed E-state index contributed by atoms with van der Waals surface area (Å²) < 4.78 is 41.3. The highest BCUT2D eigenvalue weighted by Gasteiger charge is 2.35. The molecule has 2 aliphatic heterocycles. The molecule has 0 aliphatic carbocycles. The van der Waals surface area contributed by atoms with Gasteiger partial charge in [0.25, 0.3) is 10.0 Å². The van der Waals surface area contributed by atoms with Gasteiger partial charge in [-0.3, -0.25) is 4.99 Å². The molecule has 1 saturated heterocycles. The minimum Gasteiger partial charge on any atom is -0.368 e. The Bertz CT molecular complexity index is 1030. The first-order valence-electron chi connectivity index (χ1n) is 10.8. The predicted molar refractivity (Wildman–Crippen MR) is 121 cm³/mol. The summed E-state index contributed by atoms with van der Waals surface area (Å²) in [7, 11) is -3.65. The summed E-state index contributed by atoms with van der Waals surface area (Å²) in [5.41, 5.74) is 2.11. The van der Waals surface area contributed by atoms with Gasteiger partial charge in [0.1, 0.15) is 5.82 Å². The second-order valence-electron chi connectivity index (χ2n) is 8.45. The fourth-order valence-electron chi connectivity index (χ4n) is 4.12. The summed E-state index contributed by atoms with van der Waals surface area (Å²) in [5.74, 6) is 0.805. The Kier molecular flexibility index (Phi) is 6.18. The molecule has 2 aliphatic rings. The summed E-state index contributed by atoms with van der Waals surface area (Å²) in [5, 5.41) is 0. The Balaban J connectivity index is 1.44. The van der Waals surface area contributed by atoms with E-state index in [1.165, 1.54) is 16.4 Å². The van der Waals surface area contributed by atoms with Crippen LogP contribution in [0.15, 0.2) is 58.4 Å².